The predicted molar refractivity (Wildman–Crippen MR) is 80.0 cm³/mol. The van der Waals surface area contributed by atoms with Crippen molar-refractivity contribution in [3.05, 3.63) is 29.8 Å². The Labute approximate surface area is 121 Å². The first-order valence-electron chi connectivity index (χ1n) is 6.96. The fourth-order valence-electron chi connectivity index (χ4n) is 2.60. The monoisotopic (exact) mass is 282 g/mol. The van der Waals surface area contributed by atoms with Gasteiger partial charge in [-0.1, -0.05) is 18.2 Å². The van der Waals surface area contributed by atoms with Gasteiger partial charge < -0.3 is 9.64 Å². The molecule has 3 nitrogen and oxygen atoms in total. The smallest absolute Gasteiger partial charge is 0.123 e. The molecule has 0 bridgehead atoms. The number of rotatable bonds is 5. The van der Waals surface area contributed by atoms with Gasteiger partial charge in [0.15, 0.2) is 0 Å². The van der Waals surface area contributed by atoms with E-state index in [4.69, 9.17) is 16.3 Å². The number of hydrogen-bond acceptors (Lipinski definition) is 3. The van der Waals surface area contributed by atoms with Crippen LogP contribution in [0.15, 0.2) is 24.3 Å². The topological polar surface area (TPSA) is 15.7 Å². The minimum Gasteiger partial charge on any atom is -0.496 e. The van der Waals surface area contributed by atoms with Gasteiger partial charge in [0, 0.05) is 37.6 Å². The van der Waals surface area contributed by atoms with E-state index in [2.05, 4.69) is 21.9 Å². The Morgan fingerprint density at radius 1 is 1.11 bits per heavy atom. The summed E-state index contributed by atoms with van der Waals surface area (Å²) < 4.78 is 5.42. The van der Waals surface area contributed by atoms with E-state index in [0.717, 1.165) is 50.9 Å². The van der Waals surface area contributed by atoms with Crippen molar-refractivity contribution in [1.82, 2.24) is 9.80 Å². The molecule has 0 amide bonds. The molecule has 1 fully saturated rings. The molecule has 0 saturated carbocycles. The van der Waals surface area contributed by atoms with Crippen molar-refractivity contribution in [1.29, 1.82) is 0 Å². The van der Waals surface area contributed by atoms with Crippen molar-refractivity contribution >= 4 is 11.6 Å². The van der Waals surface area contributed by atoms with Crippen molar-refractivity contribution in [3.63, 3.8) is 0 Å². The first-order chi connectivity index (χ1) is 9.33. The maximum Gasteiger partial charge on any atom is 0.123 e. The summed E-state index contributed by atoms with van der Waals surface area (Å²) in [5, 5.41) is 0. The molecule has 0 spiro atoms. The van der Waals surface area contributed by atoms with Crippen molar-refractivity contribution in [2.75, 3.05) is 45.7 Å². The second-order valence-corrected chi connectivity index (χ2v) is 5.35. The van der Waals surface area contributed by atoms with E-state index in [1.165, 1.54) is 12.0 Å². The number of hydrogen-bond donors (Lipinski definition) is 0. The normalized spacial score (nSPS) is 18.2. The SMILES string of the molecule is COc1ccccc1CN1CCCN(CCCl)CC1. The van der Waals surface area contributed by atoms with Crippen LogP contribution in [0.1, 0.15) is 12.0 Å². The highest BCUT2D eigenvalue weighted by Gasteiger charge is 2.15. The first-order valence-corrected chi connectivity index (χ1v) is 7.49. The highest BCUT2D eigenvalue weighted by atomic mass is 35.5. The Balaban J connectivity index is 1.92. The van der Waals surface area contributed by atoms with Gasteiger partial charge in [0.1, 0.15) is 5.75 Å². The molecule has 0 unspecified atom stereocenters. The van der Waals surface area contributed by atoms with Crippen molar-refractivity contribution in [2.45, 2.75) is 13.0 Å². The van der Waals surface area contributed by atoms with Crippen LogP contribution in [0.5, 0.6) is 5.75 Å². The Morgan fingerprint density at radius 2 is 1.84 bits per heavy atom. The van der Waals surface area contributed by atoms with Gasteiger partial charge in [0.2, 0.25) is 0 Å². The molecule has 0 aliphatic carbocycles. The predicted octanol–water partition coefficient (Wildman–Crippen LogP) is 2.44. The molecule has 1 saturated heterocycles. The zero-order chi connectivity index (χ0) is 13.5. The first kappa shape index (κ1) is 14.6. The van der Waals surface area contributed by atoms with Gasteiger partial charge in [-0.15, -0.1) is 11.6 Å². The van der Waals surface area contributed by atoms with Crippen LogP contribution in [0, 0.1) is 0 Å². The molecule has 19 heavy (non-hydrogen) atoms. The Bertz CT molecular complexity index is 386. The molecule has 0 aromatic heterocycles. The molecule has 0 radical (unpaired) electrons. The molecule has 1 aliphatic heterocycles. The van der Waals surface area contributed by atoms with E-state index < -0.39 is 0 Å². The van der Waals surface area contributed by atoms with Crippen LogP contribution >= 0.6 is 11.6 Å². The molecule has 1 aromatic rings. The van der Waals surface area contributed by atoms with Crippen LogP contribution in [0.25, 0.3) is 0 Å². The fourth-order valence-corrected chi connectivity index (χ4v) is 2.84. The second-order valence-electron chi connectivity index (χ2n) is 4.97. The molecule has 106 valence electrons. The van der Waals surface area contributed by atoms with Gasteiger partial charge >= 0.3 is 0 Å². The summed E-state index contributed by atoms with van der Waals surface area (Å²) in [5.74, 6) is 1.72. The fraction of sp³-hybridized carbons (Fsp3) is 0.600. The number of halogens is 1. The summed E-state index contributed by atoms with van der Waals surface area (Å²) in [6, 6.07) is 8.29. The minimum absolute atomic E-state index is 0.729. The van der Waals surface area contributed by atoms with E-state index in [1.54, 1.807) is 7.11 Å². The van der Waals surface area contributed by atoms with Crippen LogP contribution in [0.2, 0.25) is 0 Å². The Kier molecular flexibility index (Phi) is 5.95. The van der Waals surface area contributed by atoms with E-state index in [1.807, 2.05) is 12.1 Å². The molecule has 1 heterocycles. The molecular formula is C15H23ClN2O. The molecule has 1 aliphatic rings. The maximum atomic E-state index is 5.82. The Hall–Kier alpha value is -0.770. The zero-order valence-corrected chi connectivity index (χ0v) is 12.4. The van der Waals surface area contributed by atoms with Gasteiger partial charge in [-0.05, 0) is 25.6 Å². The van der Waals surface area contributed by atoms with Crippen molar-refractivity contribution < 1.29 is 4.74 Å². The quantitative estimate of drug-likeness (QED) is 0.772. The maximum absolute atomic E-state index is 5.82. The third-order valence-electron chi connectivity index (χ3n) is 3.67. The number of para-hydroxylation sites is 1. The van der Waals surface area contributed by atoms with Crippen molar-refractivity contribution in [3.8, 4) is 5.75 Å². The van der Waals surface area contributed by atoms with E-state index in [0.29, 0.717) is 0 Å². The number of benzene rings is 1. The average Bonchev–Trinajstić information content (AvgIpc) is 2.66. The largest absolute Gasteiger partial charge is 0.496 e. The summed E-state index contributed by atoms with van der Waals surface area (Å²) in [6.45, 7) is 6.51. The van der Waals surface area contributed by atoms with Gasteiger partial charge in [0.05, 0.1) is 7.11 Å². The highest BCUT2D eigenvalue weighted by molar-refractivity contribution is 6.18. The number of alkyl halides is 1. The van der Waals surface area contributed by atoms with Crippen LogP contribution in [0.4, 0.5) is 0 Å². The van der Waals surface area contributed by atoms with Crippen LogP contribution < -0.4 is 4.74 Å². The molecule has 1 aromatic carbocycles. The highest BCUT2D eigenvalue weighted by Crippen LogP contribution is 2.19. The van der Waals surface area contributed by atoms with E-state index >= 15 is 0 Å². The summed E-state index contributed by atoms with van der Waals surface area (Å²) in [5.41, 5.74) is 1.27. The second kappa shape index (κ2) is 7.73. The molecule has 0 atom stereocenters. The lowest BCUT2D eigenvalue weighted by Crippen LogP contribution is -2.31. The summed E-state index contributed by atoms with van der Waals surface area (Å²) in [6.07, 6.45) is 1.21. The third kappa shape index (κ3) is 4.37. The number of methoxy groups -OCH3 is 1. The van der Waals surface area contributed by atoms with Crippen molar-refractivity contribution in [2.24, 2.45) is 0 Å². The summed E-state index contributed by atoms with van der Waals surface area (Å²) in [4.78, 5) is 4.96. The van der Waals surface area contributed by atoms with E-state index in [-0.39, 0.29) is 0 Å². The van der Waals surface area contributed by atoms with E-state index in [9.17, 15) is 0 Å². The lowest BCUT2D eigenvalue weighted by Gasteiger charge is -2.22. The third-order valence-corrected chi connectivity index (χ3v) is 3.84. The average molecular weight is 283 g/mol. The van der Waals surface area contributed by atoms with Gasteiger partial charge in [-0.3, -0.25) is 4.90 Å². The van der Waals surface area contributed by atoms with Crippen LogP contribution in [0.3, 0.4) is 0 Å². The minimum atomic E-state index is 0.729. The molecule has 4 heteroatoms. The van der Waals surface area contributed by atoms with Crippen LogP contribution in [-0.2, 0) is 6.54 Å². The molecular weight excluding hydrogens is 260 g/mol. The summed E-state index contributed by atoms with van der Waals surface area (Å²) >= 11 is 5.82. The van der Waals surface area contributed by atoms with Gasteiger partial charge in [0.25, 0.3) is 0 Å². The van der Waals surface area contributed by atoms with Gasteiger partial charge in [-0.2, -0.15) is 0 Å². The number of nitrogens with zero attached hydrogens (tertiary/aromatic N) is 2. The zero-order valence-electron chi connectivity index (χ0n) is 11.6. The number of ether oxygens (including phenoxy) is 1. The van der Waals surface area contributed by atoms with Crippen LogP contribution in [-0.4, -0.2) is 55.5 Å². The lowest BCUT2D eigenvalue weighted by molar-refractivity contribution is 0.255. The van der Waals surface area contributed by atoms with Gasteiger partial charge in [-0.25, -0.2) is 0 Å². The standard InChI is InChI=1S/C15H23ClN2O/c1-19-15-6-3-2-5-14(15)13-18-9-4-8-17(10-7-16)11-12-18/h2-3,5-6H,4,7-13H2,1H3. The molecule has 2 rings (SSSR count). The Morgan fingerprint density at radius 3 is 2.63 bits per heavy atom. The lowest BCUT2D eigenvalue weighted by atomic mass is 10.2. The molecule has 0 N–H and O–H groups in total. The summed E-state index contributed by atoms with van der Waals surface area (Å²) in [7, 11) is 1.74.